The molecule has 0 spiro atoms. The van der Waals surface area contributed by atoms with Gasteiger partial charge in [-0.25, -0.2) is 13.1 Å². The zero-order chi connectivity index (χ0) is 21.9. The van der Waals surface area contributed by atoms with Crippen molar-refractivity contribution in [3.63, 3.8) is 0 Å². The third-order valence-electron chi connectivity index (χ3n) is 5.13. The molecule has 0 unspecified atom stereocenters. The molecule has 0 bridgehead atoms. The van der Waals surface area contributed by atoms with Crippen LogP contribution in [0.2, 0.25) is 0 Å². The molecule has 172 valence electrons. The highest BCUT2D eigenvalue weighted by atomic mass is 35.5. The minimum absolute atomic E-state index is 0. The fourth-order valence-corrected chi connectivity index (χ4v) is 5.40. The lowest BCUT2D eigenvalue weighted by Gasteiger charge is -2.24. The van der Waals surface area contributed by atoms with Crippen LogP contribution < -0.4 is 15.8 Å². The Morgan fingerprint density at radius 2 is 1.74 bits per heavy atom. The summed E-state index contributed by atoms with van der Waals surface area (Å²) in [6.07, 6.45) is 2.43. The third kappa shape index (κ3) is 6.63. The molecule has 9 heteroatoms. The average molecular weight is 470 g/mol. The molecule has 1 fully saturated rings. The fraction of sp³-hybridized carbons (Fsp3) is 0.500. The van der Waals surface area contributed by atoms with E-state index in [2.05, 4.69) is 10.0 Å². The zero-order valence-electron chi connectivity index (χ0n) is 18.2. The smallest absolute Gasteiger partial charge is 0.241 e. The predicted octanol–water partition coefficient (Wildman–Crippen LogP) is 3.42. The maximum absolute atomic E-state index is 12.9. The van der Waals surface area contributed by atoms with Crippen molar-refractivity contribution >= 4 is 44.8 Å². The van der Waals surface area contributed by atoms with E-state index in [1.165, 1.54) is 0 Å². The number of amides is 1. The molecule has 4 N–H and O–H groups in total. The molecule has 3 rings (SSSR count). The van der Waals surface area contributed by atoms with E-state index in [1.54, 1.807) is 57.2 Å². The van der Waals surface area contributed by atoms with Crippen molar-refractivity contribution in [3.8, 4) is 0 Å². The van der Waals surface area contributed by atoms with Gasteiger partial charge in [0.05, 0.1) is 10.9 Å². The molecule has 1 aliphatic rings. The summed E-state index contributed by atoms with van der Waals surface area (Å²) in [5, 5.41) is 4.09. The number of rotatable bonds is 6. The number of nitrogens with two attached hydrogens (primary N) is 1. The van der Waals surface area contributed by atoms with E-state index in [4.69, 9.17) is 10.5 Å². The van der Waals surface area contributed by atoms with Crippen LogP contribution in [0.5, 0.6) is 0 Å². The molecule has 0 saturated carbocycles. The van der Waals surface area contributed by atoms with Crippen molar-refractivity contribution in [1.29, 1.82) is 0 Å². The van der Waals surface area contributed by atoms with Gasteiger partial charge < -0.3 is 15.8 Å². The van der Waals surface area contributed by atoms with Gasteiger partial charge in [-0.15, -0.1) is 12.4 Å². The summed E-state index contributed by atoms with van der Waals surface area (Å²) >= 11 is 0. The van der Waals surface area contributed by atoms with Crippen LogP contribution in [-0.2, 0) is 19.6 Å². The van der Waals surface area contributed by atoms with Gasteiger partial charge in [0.2, 0.25) is 15.9 Å². The van der Waals surface area contributed by atoms with Gasteiger partial charge in [0.15, 0.2) is 0 Å². The van der Waals surface area contributed by atoms with Crippen molar-refractivity contribution in [2.75, 3.05) is 18.5 Å². The summed E-state index contributed by atoms with van der Waals surface area (Å²) in [6.45, 7) is 6.80. The fourth-order valence-electron chi connectivity index (χ4n) is 3.76. The van der Waals surface area contributed by atoms with Crippen LogP contribution in [-0.4, -0.2) is 39.1 Å². The van der Waals surface area contributed by atoms with Crippen molar-refractivity contribution < 1.29 is 17.9 Å². The minimum Gasteiger partial charge on any atom is -0.381 e. The molecule has 1 atom stereocenters. The van der Waals surface area contributed by atoms with E-state index >= 15 is 0 Å². The number of anilines is 1. The Kier molecular flexibility index (Phi) is 8.47. The molecule has 1 heterocycles. The molecule has 1 amide bonds. The van der Waals surface area contributed by atoms with Crippen LogP contribution >= 0.6 is 12.4 Å². The molecule has 1 aliphatic heterocycles. The Hall–Kier alpha value is -1.71. The van der Waals surface area contributed by atoms with E-state index in [-0.39, 0.29) is 23.2 Å². The van der Waals surface area contributed by atoms with E-state index in [0.29, 0.717) is 42.0 Å². The Morgan fingerprint density at radius 3 is 2.39 bits per heavy atom. The number of sulfonamides is 1. The summed E-state index contributed by atoms with van der Waals surface area (Å²) < 4.78 is 33.8. The molecule has 0 aromatic heterocycles. The molecule has 0 radical (unpaired) electrons. The first-order valence-electron chi connectivity index (χ1n) is 10.3. The minimum atomic E-state index is -3.72. The second kappa shape index (κ2) is 10.3. The molecule has 31 heavy (non-hydrogen) atoms. The summed E-state index contributed by atoms with van der Waals surface area (Å²) in [7, 11) is -3.72. The Bertz CT molecular complexity index is 1020. The summed E-state index contributed by atoms with van der Waals surface area (Å²) in [4.78, 5) is 12.9. The Balaban J connectivity index is 0.00000341. The first kappa shape index (κ1) is 25.5. The van der Waals surface area contributed by atoms with E-state index < -0.39 is 21.6 Å². The first-order chi connectivity index (χ1) is 14.1. The third-order valence-corrected chi connectivity index (χ3v) is 6.95. The molecule has 2 aromatic rings. The van der Waals surface area contributed by atoms with Gasteiger partial charge in [-0.05, 0) is 58.1 Å². The lowest BCUT2D eigenvalue weighted by Crippen LogP contribution is -2.40. The second-order valence-corrected chi connectivity index (χ2v) is 10.6. The lowest BCUT2D eigenvalue weighted by molar-refractivity contribution is -0.117. The maximum Gasteiger partial charge on any atom is 0.241 e. The number of carbonyl (C=O) groups excluding carboxylic acids is 1. The zero-order valence-corrected chi connectivity index (χ0v) is 19.8. The summed E-state index contributed by atoms with van der Waals surface area (Å²) in [5.41, 5.74) is 6.09. The van der Waals surface area contributed by atoms with Gasteiger partial charge in [-0.3, -0.25) is 4.79 Å². The van der Waals surface area contributed by atoms with Crippen LogP contribution in [0.1, 0.15) is 40.0 Å². The van der Waals surface area contributed by atoms with Crippen LogP contribution in [0, 0.1) is 5.92 Å². The standard InChI is InChI=1S/C22H31N3O4S.ClH/c1-22(2,3)25-30(27,28)20-9-5-6-16-17(20)7-4-8-19(16)24-21(26)18(23)14-15-10-12-29-13-11-15;/h4-9,15,18,25H,10-14,23H2,1-3H3,(H,24,26);1H/t18-;/m0./s1. The van der Waals surface area contributed by atoms with Gasteiger partial charge in [-0.2, -0.15) is 0 Å². The Morgan fingerprint density at radius 1 is 1.13 bits per heavy atom. The average Bonchev–Trinajstić information content (AvgIpc) is 2.66. The van der Waals surface area contributed by atoms with Crippen molar-refractivity contribution in [3.05, 3.63) is 36.4 Å². The second-order valence-electron chi connectivity index (χ2n) is 8.90. The number of hydrogen-bond donors (Lipinski definition) is 3. The van der Waals surface area contributed by atoms with Gasteiger partial charge in [0.1, 0.15) is 0 Å². The number of hydrogen-bond acceptors (Lipinski definition) is 5. The van der Waals surface area contributed by atoms with Crippen molar-refractivity contribution in [2.24, 2.45) is 11.7 Å². The SMILES string of the molecule is CC(C)(C)NS(=O)(=O)c1cccc2c(NC(=O)[C@@H](N)CC3CCOCC3)cccc12.Cl. The molecule has 7 nitrogen and oxygen atoms in total. The van der Waals surface area contributed by atoms with Gasteiger partial charge in [0.25, 0.3) is 0 Å². The van der Waals surface area contributed by atoms with E-state index in [1.807, 2.05) is 0 Å². The number of carbonyl (C=O) groups is 1. The molecular formula is C22H32ClN3O4S. The highest BCUT2D eigenvalue weighted by Gasteiger charge is 2.25. The number of nitrogens with one attached hydrogen (secondary N) is 2. The lowest BCUT2D eigenvalue weighted by atomic mass is 9.92. The number of ether oxygens (including phenoxy) is 1. The normalized spacial score (nSPS) is 16.5. The van der Waals surface area contributed by atoms with Gasteiger partial charge >= 0.3 is 0 Å². The molecule has 1 saturated heterocycles. The number of fused-ring (bicyclic) bond motifs is 1. The molecule has 0 aliphatic carbocycles. The first-order valence-corrected chi connectivity index (χ1v) is 11.7. The van der Waals surface area contributed by atoms with Crippen molar-refractivity contribution in [2.45, 2.75) is 56.5 Å². The van der Waals surface area contributed by atoms with Crippen LogP contribution in [0.4, 0.5) is 5.69 Å². The van der Waals surface area contributed by atoms with Crippen molar-refractivity contribution in [1.82, 2.24) is 4.72 Å². The number of halogens is 1. The Labute approximate surface area is 190 Å². The highest BCUT2D eigenvalue weighted by Crippen LogP contribution is 2.30. The van der Waals surface area contributed by atoms with E-state index in [9.17, 15) is 13.2 Å². The van der Waals surface area contributed by atoms with Gasteiger partial charge in [-0.1, -0.05) is 24.3 Å². The van der Waals surface area contributed by atoms with Crippen LogP contribution in [0.3, 0.4) is 0 Å². The topological polar surface area (TPSA) is 111 Å². The summed E-state index contributed by atoms with van der Waals surface area (Å²) in [5.74, 6) is 0.113. The maximum atomic E-state index is 12.9. The van der Waals surface area contributed by atoms with Gasteiger partial charge in [0, 0.05) is 35.2 Å². The van der Waals surface area contributed by atoms with Crippen LogP contribution in [0.15, 0.2) is 41.3 Å². The monoisotopic (exact) mass is 469 g/mol. The highest BCUT2D eigenvalue weighted by molar-refractivity contribution is 7.89. The largest absolute Gasteiger partial charge is 0.381 e. The number of benzene rings is 2. The quantitative estimate of drug-likeness (QED) is 0.600. The van der Waals surface area contributed by atoms with Crippen LogP contribution in [0.25, 0.3) is 10.8 Å². The predicted molar refractivity (Wildman–Crippen MR) is 126 cm³/mol. The van der Waals surface area contributed by atoms with E-state index in [0.717, 1.165) is 12.8 Å². The molecule has 2 aromatic carbocycles. The summed E-state index contributed by atoms with van der Waals surface area (Å²) in [6, 6.07) is 9.65. The molecular weight excluding hydrogens is 438 g/mol.